The van der Waals surface area contributed by atoms with E-state index in [-0.39, 0.29) is 47.4 Å². The van der Waals surface area contributed by atoms with Gasteiger partial charge in [0.25, 0.3) is 11.6 Å². The molecule has 2 N–H and O–H groups in total. The van der Waals surface area contributed by atoms with Gasteiger partial charge in [-0.1, -0.05) is 29.8 Å². The van der Waals surface area contributed by atoms with Crippen molar-refractivity contribution >= 4 is 41.0 Å². The molecule has 0 fully saturated rings. The molecule has 0 aliphatic heterocycles. The van der Waals surface area contributed by atoms with Gasteiger partial charge in [-0.15, -0.1) is 0 Å². The Morgan fingerprint density at radius 3 is 2.54 bits per heavy atom. The molecule has 3 aromatic carbocycles. The summed E-state index contributed by atoms with van der Waals surface area (Å²) in [5.74, 6) is -1.08. The molecule has 0 aliphatic rings. The summed E-state index contributed by atoms with van der Waals surface area (Å²) in [6.07, 6.45) is 1.09. The largest absolute Gasteiger partial charge is 0.490 e. The van der Waals surface area contributed by atoms with Crippen LogP contribution in [0.5, 0.6) is 11.5 Å². The molecule has 0 aliphatic carbocycles. The van der Waals surface area contributed by atoms with Crippen molar-refractivity contribution in [2.75, 3.05) is 18.5 Å². The summed E-state index contributed by atoms with van der Waals surface area (Å²) < 4.78 is 24.1. The van der Waals surface area contributed by atoms with Crippen LogP contribution in [0.4, 0.5) is 15.8 Å². The fourth-order valence-electron chi connectivity index (χ4n) is 3.16. The highest BCUT2D eigenvalue weighted by Gasteiger charge is 2.16. The van der Waals surface area contributed by atoms with Crippen LogP contribution >= 0.6 is 11.6 Å². The monoisotopic (exact) mass is 528 g/mol. The zero-order valence-corrected chi connectivity index (χ0v) is 20.3. The number of ether oxygens (including phenoxy) is 2. The van der Waals surface area contributed by atoms with Gasteiger partial charge in [0.15, 0.2) is 18.1 Å². The number of nitro groups is 1. The average molecular weight is 529 g/mol. The van der Waals surface area contributed by atoms with Crippen molar-refractivity contribution in [3.05, 3.63) is 92.7 Å². The Morgan fingerprint density at radius 2 is 1.84 bits per heavy atom. The van der Waals surface area contributed by atoms with E-state index in [4.69, 9.17) is 21.1 Å². The maximum atomic E-state index is 13.0. The summed E-state index contributed by atoms with van der Waals surface area (Å²) in [7, 11) is 0. The van der Waals surface area contributed by atoms with E-state index in [9.17, 15) is 24.1 Å². The second kappa shape index (κ2) is 13.0. The summed E-state index contributed by atoms with van der Waals surface area (Å²) in [6.45, 7) is 1.65. The molecule has 2 amide bonds. The molecule has 0 saturated carbocycles. The number of carbonyl (C=O) groups excluding carboxylic acids is 2. The number of hydrazone groups is 1. The maximum Gasteiger partial charge on any atom is 0.273 e. The molecule has 37 heavy (non-hydrogen) atoms. The van der Waals surface area contributed by atoms with Gasteiger partial charge >= 0.3 is 0 Å². The molecule has 10 nitrogen and oxygen atoms in total. The number of nitrogens with zero attached hydrogens (tertiary/aromatic N) is 2. The number of nitro benzene ring substituents is 1. The van der Waals surface area contributed by atoms with Crippen LogP contribution in [0.3, 0.4) is 0 Å². The standard InChI is InChI=1S/C25H22ClFN4O6/c1-2-36-22-12-16(14-28-30-23(32)13-17-5-3-4-6-21(17)31(34)35)11-20(26)25(22)37-15-24(33)29-19-9-7-18(27)8-10-19/h3-12,14H,2,13,15H2,1H3,(H,29,33)(H,30,32)/b28-14+. The number of para-hydroxylation sites is 1. The molecule has 0 heterocycles. The van der Waals surface area contributed by atoms with Crippen molar-refractivity contribution in [3.8, 4) is 11.5 Å². The number of carbonyl (C=O) groups is 2. The van der Waals surface area contributed by atoms with E-state index in [0.29, 0.717) is 11.3 Å². The summed E-state index contributed by atoms with van der Waals surface area (Å²) in [5, 5.41) is 17.7. The van der Waals surface area contributed by atoms with E-state index >= 15 is 0 Å². The molecule has 0 saturated heterocycles. The number of hydrogen-bond acceptors (Lipinski definition) is 7. The van der Waals surface area contributed by atoms with Crippen LogP contribution in [0, 0.1) is 15.9 Å². The fraction of sp³-hybridized carbons (Fsp3) is 0.160. The quantitative estimate of drug-likeness (QED) is 0.214. The highest BCUT2D eigenvalue weighted by molar-refractivity contribution is 6.32. The van der Waals surface area contributed by atoms with Crippen LogP contribution in [-0.4, -0.2) is 36.2 Å². The van der Waals surface area contributed by atoms with Gasteiger partial charge in [0.05, 0.1) is 29.2 Å². The van der Waals surface area contributed by atoms with Crippen LogP contribution < -0.4 is 20.2 Å². The molecule has 3 aromatic rings. The zero-order chi connectivity index (χ0) is 26.8. The fourth-order valence-corrected chi connectivity index (χ4v) is 3.44. The van der Waals surface area contributed by atoms with Gasteiger partial charge in [-0.2, -0.15) is 5.10 Å². The van der Waals surface area contributed by atoms with Crippen LogP contribution in [0.25, 0.3) is 0 Å². The lowest BCUT2D eigenvalue weighted by atomic mass is 10.1. The van der Waals surface area contributed by atoms with Crippen molar-refractivity contribution < 1.29 is 28.4 Å². The van der Waals surface area contributed by atoms with Gasteiger partial charge in [0, 0.05) is 17.3 Å². The van der Waals surface area contributed by atoms with E-state index < -0.39 is 22.6 Å². The van der Waals surface area contributed by atoms with Gasteiger partial charge in [0.2, 0.25) is 5.91 Å². The zero-order valence-electron chi connectivity index (χ0n) is 19.6. The van der Waals surface area contributed by atoms with E-state index in [1.807, 2.05) is 0 Å². The first-order valence-corrected chi connectivity index (χ1v) is 11.3. The Morgan fingerprint density at radius 1 is 1.11 bits per heavy atom. The first-order chi connectivity index (χ1) is 17.8. The van der Waals surface area contributed by atoms with Crippen LogP contribution in [0.15, 0.2) is 65.8 Å². The summed E-state index contributed by atoms with van der Waals surface area (Å²) >= 11 is 6.34. The lowest BCUT2D eigenvalue weighted by molar-refractivity contribution is -0.385. The molecular weight excluding hydrogens is 507 g/mol. The number of benzene rings is 3. The Balaban J connectivity index is 1.63. The summed E-state index contributed by atoms with van der Waals surface area (Å²) in [4.78, 5) is 34.9. The molecule has 0 atom stereocenters. The molecule has 0 unspecified atom stereocenters. The Kier molecular flexibility index (Phi) is 9.50. The third-order valence-electron chi connectivity index (χ3n) is 4.75. The lowest BCUT2D eigenvalue weighted by Gasteiger charge is -2.14. The van der Waals surface area contributed by atoms with E-state index in [1.165, 1.54) is 54.7 Å². The average Bonchev–Trinajstić information content (AvgIpc) is 2.85. The summed E-state index contributed by atoms with van der Waals surface area (Å²) in [5.41, 5.74) is 3.28. The van der Waals surface area contributed by atoms with Crippen LogP contribution in [-0.2, 0) is 16.0 Å². The highest BCUT2D eigenvalue weighted by atomic mass is 35.5. The van der Waals surface area contributed by atoms with E-state index in [2.05, 4.69) is 15.8 Å². The third-order valence-corrected chi connectivity index (χ3v) is 5.03. The Bertz CT molecular complexity index is 1320. The van der Waals surface area contributed by atoms with Gasteiger partial charge < -0.3 is 14.8 Å². The predicted octanol–water partition coefficient (Wildman–Crippen LogP) is 4.50. The van der Waals surface area contributed by atoms with Crippen molar-refractivity contribution in [1.82, 2.24) is 5.43 Å². The molecule has 192 valence electrons. The normalized spacial score (nSPS) is 10.7. The van der Waals surface area contributed by atoms with Crippen LogP contribution in [0.2, 0.25) is 5.02 Å². The predicted molar refractivity (Wildman–Crippen MR) is 136 cm³/mol. The number of hydrogen-bond donors (Lipinski definition) is 2. The molecule has 0 bridgehead atoms. The highest BCUT2D eigenvalue weighted by Crippen LogP contribution is 2.36. The minimum atomic E-state index is -0.556. The molecule has 3 rings (SSSR count). The molecule has 12 heteroatoms. The lowest BCUT2D eigenvalue weighted by Crippen LogP contribution is -2.20. The number of rotatable bonds is 11. The van der Waals surface area contributed by atoms with E-state index in [1.54, 1.807) is 19.1 Å². The molecular formula is C25H22ClFN4O6. The number of halogens is 2. The van der Waals surface area contributed by atoms with Crippen LogP contribution in [0.1, 0.15) is 18.1 Å². The smallest absolute Gasteiger partial charge is 0.273 e. The number of anilines is 1. The number of amides is 2. The minimum absolute atomic E-state index is 0.133. The van der Waals surface area contributed by atoms with Crippen molar-refractivity contribution in [1.29, 1.82) is 0 Å². The SMILES string of the molecule is CCOc1cc(/C=N/NC(=O)Cc2ccccc2[N+](=O)[O-])cc(Cl)c1OCC(=O)Nc1ccc(F)cc1. The first kappa shape index (κ1) is 27.1. The first-order valence-electron chi connectivity index (χ1n) is 11.0. The topological polar surface area (TPSA) is 132 Å². The van der Waals surface area contributed by atoms with Gasteiger partial charge in [-0.05, 0) is 48.9 Å². The van der Waals surface area contributed by atoms with Gasteiger partial charge in [0.1, 0.15) is 5.82 Å². The molecule has 0 radical (unpaired) electrons. The van der Waals surface area contributed by atoms with E-state index in [0.717, 1.165) is 0 Å². The Hall–Kier alpha value is -4.51. The van der Waals surface area contributed by atoms with Crippen molar-refractivity contribution in [2.45, 2.75) is 13.3 Å². The molecule has 0 aromatic heterocycles. The van der Waals surface area contributed by atoms with Crippen molar-refractivity contribution in [2.24, 2.45) is 5.10 Å². The second-order valence-electron chi connectivity index (χ2n) is 7.46. The molecule has 0 spiro atoms. The minimum Gasteiger partial charge on any atom is -0.490 e. The Labute approximate surface area is 216 Å². The van der Waals surface area contributed by atoms with Crippen molar-refractivity contribution in [3.63, 3.8) is 0 Å². The van der Waals surface area contributed by atoms with Gasteiger partial charge in [-0.25, -0.2) is 9.82 Å². The third kappa shape index (κ3) is 8.00. The summed E-state index contributed by atoms with van der Waals surface area (Å²) in [6, 6.07) is 14.3. The van der Waals surface area contributed by atoms with Gasteiger partial charge in [-0.3, -0.25) is 19.7 Å². The second-order valence-corrected chi connectivity index (χ2v) is 7.87. The number of nitrogens with one attached hydrogen (secondary N) is 2. The maximum absolute atomic E-state index is 13.0.